The number of nitrogens with zero attached hydrogens (tertiary/aromatic N) is 2. The van der Waals surface area contributed by atoms with E-state index in [1.807, 2.05) is 23.0 Å². The maximum absolute atomic E-state index is 5.21. The van der Waals surface area contributed by atoms with Crippen molar-refractivity contribution >= 4 is 17.9 Å². The van der Waals surface area contributed by atoms with Crippen LogP contribution in [0.1, 0.15) is 24.3 Å². The van der Waals surface area contributed by atoms with Gasteiger partial charge in [0, 0.05) is 5.56 Å². The van der Waals surface area contributed by atoms with Gasteiger partial charge in [-0.15, -0.1) is 12.4 Å². The second-order valence-corrected chi connectivity index (χ2v) is 4.52. The summed E-state index contributed by atoms with van der Waals surface area (Å²) >= 11 is 0. The summed E-state index contributed by atoms with van der Waals surface area (Å²) in [5.74, 6) is 1.49. The van der Waals surface area contributed by atoms with Crippen LogP contribution in [0.4, 0.5) is 0 Å². The molecule has 0 saturated carbocycles. The van der Waals surface area contributed by atoms with Gasteiger partial charge in [0.05, 0.1) is 25.0 Å². The molecule has 0 spiro atoms. The third-order valence-electron chi connectivity index (χ3n) is 3.53. The molecule has 3 heterocycles. The van der Waals surface area contributed by atoms with Crippen molar-refractivity contribution in [3.8, 4) is 5.75 Å². The average Bonchev–Trinajstić information content (AvgIpc) is 2.82. The van der Waals surface area contributed by atoms with Gasteiger partial charge in [-0.2, -0.15) is 5.10 Å². The molecule has 1 aliphatic heterocycles. The van der Waals surface area contributed by atoms with Gasteiger partial charge in [0.2, 0.25) is 0 Å². The van der Waals surface area contributed by atoms with E-state index < -0.39 is 0 Å². The summed E-state index contributed by atoms with van der Waals surface area (Å²) in [5.41, 5.74) is 2.58. The minimum atomic E-state index is 0. The molecule has 0 unspecified atom stereocenters. The van der Waals surface area contributed by atoms with Crippen molar-refractivity contribution in [2.24, 2.45) is 0 Å². The first-order valence-corrected chi connectivity index (χ1v) is 6.10. The van der Waals surface area contributed by atoms with Crippen LogP contribution in [0.2, 0.25) is 0 Å². The fraction of sp³-hybridized carbons (Fsp3) is 0.462. The number of nitrogens with one attached hydrogen (secondary N) is 1. The summed E-state index contributed by atoms with van der Waals surface area (Å²) in [7, 11) is 1.68. The molecular weight excluding hydrogens is 250 g/mol. The minimum Gasteiger partial charge on any atom is -0.495 e. The number of pyridine rings is 1. The van der Waals surface area contributed by atoms with Crippen LogP contribution in [-0.2, 0) is 0 Å². The Hall–Kier alpha value is -1.26. The first kappa shape index (κ1) is 13.2. The van der Waals surface area contributed by atoms with Crippen LogP contribution in [-0.4, -0.2) is 29.8 Å². The van der Waals surface area contributed by atoms with Crippen molar-refractivity contribution in [2.75, 3.05) is 20.2 Å². The molecule has 0 bridgehead atoms. The van der Waals surface area contributed by atoms with Crippen molar-refractivity contribution in [3.05, 3.63) is 30.1 Å². The zero-order valence-electron chi connectivity index (χ0n) is 10.4. The lowest BCUT2D eigenvalue weighted by atomic mass is 9.91. The Kier molecular flexibility index (Phi) is 4.09. The Balaban J connectivity index is 0.00000120. The smallest absolute Gasteiger partial charge is 0.137 e. The highest BCUT2D eigenvalue weighted by molar-refractivity contribution is 5.85. The largest absolute Gasteiger partial charge is 0.495 e. The normalized spacial score (nSPS) is 16.5. The van der Waals surface area contributed by atoms with Crippen LogP contribution in [0, 0.1) is 0 Å². The van der Waals surface area contributed by atoms with Gasteiger partial charge in [-0.1, -0.05) is 0 Å². The number of fused-ring (bicyclic) bond motifs is 1. The lowest BCUT2D eigenvalue weighted by Gasteiger charge is -2.21. The van der Waals surface area contributed by atoms with Crippen molar-refractivity contribution in [1.29, 1.82) is 0 Å². The van der Waals surface area contributed by atoms with Gasteiger partial charge in [0.1, 0.15) is 5.75 Å². The maximum atomic E-state index is 5.21. The standard InChI is InChI=1S/C13H17N3O.ClH/c1-17-11-2-3-13-12(8-15-16(13)9-11)10-4-6-14-7-5-10;/h2-3,8-10,14H,4-7H2,1H3;1H. The van der Waals surface area contributed by atoms with E-state index >= 15 is 0 Å². The zero-order chi connectivity index (χ0) is 11.7. The number of rotatable bonds is 2. The summed E-state index contributed by atoms with van der Waals surface area (Å²) < 4.78 is 7.12. The Morgan fingerprint density at radius 2 is 2.11 bits per heavy atom. The molecule has 5 heteroatoms. The van der Waals surface area contributed by atoms with Crippen LogP contribution >= 0.6 is 12.4 Å². The Morgan fingerprint density at radius 3 is 2.83 bits per heavy atom. The van der Waals surface area contributed by atoms with Crippen LogP contribution in [0.5, 0.6) is 5.75 Å². The van der Waals surface area contributed by atoms with Crippen molar-refractivity contribution in [2.45, 2.75) is 18.8 Å². The third-order valence-corrected chi connectivity index (χ3v) is 3.53. The number of hydrogen-bond donors (Lipinski definition) is 1. The van der Waals surface area contributed by atoms with Gasteiger partial charge in [-0.05, 0) is 44.0 Å². The fourth-order valence-corrected chi connectivity index (χ4v) is 2.55. The van der Waals surface area contributed by atoms with E-state index in [1.165, 1.54) is 23.9 Å². The van der Waals surface area contributed by atoms with Gasteiger partial charge in [0.15, 0.2) is 0 Å². The summed E-state index contributed by atoms with van der Waals surface area (Å²) in [6, 6.07) is 4.10. The molecule has 0 atom stereocenters. The van der Waals surface area contributed by atoms with E-state index in [2.05, 4.69) is 16.5 Å². The zero-order valence-corrected chi connectivity index (χ0v) is 11.2. The van der Waals surface area contributed by atoms with Crippen molar-refractivity contribution < 1.29 is 4.74 Å². The summed E-state index contributed by atoms with van der Waals surface area (Å²) in [5, 5.41) is 7.81. The van der Waals surface area contributed by atoms with Gasteiger partial charge >= 0.3 is 0 Å². The maximum Gasteiger partial charge on any atom is 0.137 e. The molecule has 2 aromatic heterocycles. The van der Waals surface area contributed by atoms with E-state index in [0.29, 0.717) is 5.92 Å². The van der Waals surface area contributed by atoms with Crippen molar-refractivity contribution in [1.82, 2.24) is 14.9 Å². The molecule has 3 rings (SSSR count). The number of hydrogen-bond acceptors (Lipinski definition) is 3. The van der Waals surface area contributed by atoms with Gasteiger partial charge in [-0.3, -0.25) is 0 Å². The van der Waals surface area contributed by atoms with E-state index in [0.717, 1.165) is 18.8 Å². The molecule has 0 radical (unpaired) electrons. The highest BCUT2D eigenvalue weighted by atomic mass is 35.5. The molecule has 4 nitrogen and oxygen atoms in total. The van der Waals surface area contributed by atoms with Crippen LogP contribution in [0.15, 0.2) is 24.5 Å². The lowest BCUT2D eigenvalue weighted by Crippen LogP contribution is -2.26. The van der Waals surface area contributed by atoms with E-state index in [4.69, 9.17) is 4.74 Å². The lowest BCUT2D eigenvalue weighted by molar-refractivity contribution is 0.411. The molecule has 1 saturated heterocycles. The quantitative estimate of drug-likeness (QED) is 0.907. The number of aromatic nitrogens is 2. The predicted octanol–water partition coefficient (Wildman–Crippen LogP) is 2.23. The molecule has 2 aromatic rings. The molecule has 1 N–H and O–H groups in total. The highest BCUT2D eigenvalue weighted by Gasteiger charge is 2.18. The SMILES string of the molecule is COc1ccc2c(C3CCNCC3)cnn2c1.Cl. The molecule has 98 valence electrons. The number of halogens is 1. The van der Waals surface area contributed by atoms with E-state index in [9.17, 15) is 0 Å². The average molecular weight is 268 g/mol. The second kappa shape index (κ2) is 5.59. The molecule has 1 aliphatic rings. The fourth-order valence-electron chi connectivity index (χ4n) is 2.55. The first-order valence-electron chi connectivity index (χ1n) is 6.10. The Morgan fingerprint density at radius 1 is 1.33 bits per heavy atom. The minimum absolute atomic E-state index is 0. The summed E-state index contributed by atoms with van der Waals surface area (Å²) in [6.07, 6.45) is 6.34. The number of ether oxygens (including phenoxy) is 1. The summed E-state index contributed by atoms with van der Waals surface area (Å²) in [4.78, 5) is 0. The van der Waals surface area contributed by atoms with Gasteiger partial charge in [-0.25, -0.2) is 4.52 Å². The molecule has 0 amide bonds. The number of piperidine rings is 1. The molecule has 0 aliphatic carbocycles. The monoisotopic (exact) mass is 267 g/mol. The second-order valence-electron chi connectivity index (χ2n) is 4.52. The van der Waals surface area contributed by atoms with Gasteiger partial charge in [0.25, 0.3) is 0 Å². The van der Waals surface area contributed by atoms with Crippen LogP contribution in [0.3, 0.4) is 0 Å². The molecule has 1 fully saturated rings. The Labute approximate surface area is 113 Å². The molecular formula is C13H18ClN3O. The third kappa shape index (κ3) is 2.31. The first-order chi connectivity index (χ1) is 8.38. The van der Waals surface area contributed by atoms with Crippen LogP contribution < -0.4 is 10.1 Å². The molecule has 18 heavy (non-hydrogen) atoms. The topological polar surface area (TPSA) is 38.6 Å². The van der Waals surface area contributed by atoms with E-state index in [1.54, 1.807) is 7.11 Å². The summed E-state index contributed by atoms with van der Waals surface area (Å²) in [6.45, 7) is 2.22. The number of methoxy groups -OCH3 is 1. The van der Waals surface area contributed by atoms with Crippen LogP contribution in [0.25, 0.3) is 5.52 Å². The Bertz CT molecular complexity index is 520. The van der Waals surface area contributed by atoms with Gasteiger partial charge < -0.3 is 10.1 Å². The van der Waals surface area contributed by atoms with Crippen molar-refractivity contribution in [3.63, 3.8) is 0 Å². The molecule has 0 aromatic carbocycles. The predicted molar refractivity (Wildman–Crippen MR) is 73.8 cm³/mol. The van der Waals surface area contributed by atoms with E-state index in [-0.39, 0.29) is 12.4 Å². The highest BCUT2D eigenvalue weighted by Crippen LogP contribution is 2.29.